The van der Waals surface area contributed by atoms with Crippen LogP contribution in [0.15, 0.2) is 74.3 Å². The van der Waals surface area contributed by atoms with E-state index in [2.05, 4.69) is 86.7 Å². The van der Waals surface area contributed by atoms with Crippen LogP contribution < -0.4 is 24.7 Å². The molecule has 76 heavy (non-hydrogen) atoms. The number of anilines is 2. The lowest BCUT2D eigenvalue weighted by Crippen LogP contribution is -2.38. The van der Waals surface area contributed by atoms with Gasteiger partial charge >= 0.3 is 31.1 Å². The van der Waals surface area contributed by atoms with Gasteiger partial charge in [-0.1, -0.05) is 66.7 Å². The molecule has 26 heteroatoms. The Balaban J connectivity index is 0.000000168. The largest absolute Gasteiger partial charge is 0.491 e. The number of fused-ring (bicyclic) bond motifs is 2. The fraction of sp³-hybridized carbons (Fsp3) is 0.400. The molecule has 2 fully saturated rings. The summed E-state index contributed by atoms with van der Waals surface area (Å²) in [6.45, 7) is 15.8. The number of thiazole rings is 2. The number of ether oxygens (including phenoxy) is 2. The smallest absolute Gasteiger partial charge is 0.478 e. The average Bonchev–Trinajstić information content (AvgIpc) is 4.24. The van der Waals surface area contributed by atoms with Crippen molar-refractivity contribution in [2.24, 2.45) is 11.8 Å². The van der Waals surface area contributed by atoms with Gasteiger partial charge in [-0.05, 0) is 122 Å². The first-order valence-corrected chi connectivity index (χ1v) is 26.9. The Bertz CT molecular complexity index is 3290. The minimum absolute atomic E-state index is 0.0397. The SMILES string of the molecule is CC(C)c1noc(N2CCC(C(C)Oc3nc4ccc(-c5ccc(C(=O)O)cc5F)nc4s3)CC2)n1.CC(C)c1noc(N2CCC(C(C)Oc3nc4ccc(Br)nc4s3)CC2)n1.O=C(O)c1ccc(B(O)O)c(F)c1. The van der Waals surface area contributed by atoms with Gasteiger partial charge in [-0.2, -0.15) is 9.97 Å². The van der Waals surface area contributed by atoms with Crippen molar-refractivity contribution in [2.45, 2.75) is 91.3 Å². The zero-order valence-corrected chi connectivity index (χ0v) is 45.4. The quantitative estimate of drug-likeness (QED) is 0.0583. The highest BCUT2D eigenvalue weighted by molar-refractivity contribution is 9.10. The molecule has 0 saturated carbocycles. The highest BCUT2D eigenvalue weighted by atomic mass is 79.9. The molecule has 0 aliphatic carbocycles. The molecule has 0 bridgehead atoms. The summed E-state index contributed by atoms with van der Waals surface area (Å²) < 4.78 is 51.3. The summed E-state index contributed by atoms with van der Waals surface area (Å²) in [5.41, 5.74) is 1.50. The zero-order valence-electron chi connectivity index (χ0n) is 42.1. The lowest BCUT2D eigenvalue weighted by atomic mass is 9.79. The van der Waals surface area contributed by atoms with Gasteiger partial charge in [0.1, 0.15) is 49.1 Å². The number of rotatable bonds is 14. The van der Waals surface area contributed by atoms with Crippen molar-refractivity contribution in [1.82, 2.24) is 40.2 Å². The van der Waals surface area contributed by atoms with Crippen molar-refractivity contribution in [3.63, 3.8) is 0 Å². The number of carboxylic acids is 2. The molecule has 20 nitrogen and oxygen atoms in total. The van der Waals surface area contributed by atoms with Crippen molar-refractivity contribution in [1.29, 1.82) is 0 Å². The molecule has 2 aliphatic heterocycles. The van der Waals surface area contributed by atoms with Gasteiger partial charge in [0.15, 0.2) is 11.6 Å². The maximum absolute atomic E-state index is 14.5. The highest BCUT2D eigenvalue weighted by Crippen LogP contribution is 2.35. The summed E-state index contributed by atoms with van der Waals surface area (Å²) in [6.07, 6.45) is 3.97. The van der Waals surface area contributed by atoms with Crippen molar-refractivity contribution in [3.8, 4) is 21.6 Å². The third-order valence-electron chi connectivity index (χ3n) is 12.9. The van der Waals surface area contributed by atoms with Crippen LogP contribution in [0.4, 0.5) is 20.8 Å². The van der Waals surface area contributed by atoms with E-state index in [1.807, 2.05) is 32.9 Å². The second-order valence-corrected chi connectivity index (χ2v) is 21.5. The predicted octanol–water partition coefficient (Wildman–Crippen LogP) is 9.23. The second kappa shape index (κ2) is 24.5. The Hall–Kier alpha value is -6.74. The van der Waals surface area contributed by atoms with Crippen molar-refractivity contribution >= 4 is 95.8 Å². The van der Waals surface area contributed by atoms with Gasteiger partial charge in [0.05, 0.1) is 16.8 Å². The lowest BCUT2D eigenvalue weighted by molar-refractivity contribution is 0.0685. The van der Waals surface area contributed by atoms with E-state index in [0.29, 0.717) is 50.3 Å². The highest BCUT2D eigenvalue weighted by Gasteiger charge is 2.30. The van der Waals surface area contributed by atoms with Crippen LogP contribution in [-0.4, -0.2) is 118 Å². The Kier molecular flexibility index (Phi) is 17.9. The average molecular weight is 1150 g/mol. The lowest BCUT2D eigenvalue weighted by Gasteiger charge is -2.33. The number of aromatic nitrogens is 8. The van der Waals surface area contributed by atoms with Gasteiger partial charge in [0, 0.05) is 49.0 Å². The molecule has 6 aromatic heterocycles. The molecule has 0 amide bonds. The first kappa shape index (κ1) is 55.5. The van der Waals surface area contributed by atoms with Crippen LogP contribution >= 0.6 is 38.6 Å². The molecule has 8 heterocycles. The molecule has 2 saturated heterocycles. The zero-order chi connectivity index (χ0) is 54.4. The molecule has 400 valence electrons. The van der Waals surface area contributed by atoms with Crippen LogP contribution in [-0.2, 0) is 0 Å². The summed E-state index contributed by atoms with van der Waals surface area (Å²) in [5, 5.41) is 44.0. The molecular formula is C50H54BBrF2N10O10S2. The normalized spacial score (nSPS) is 15.1. The van der Waals surface area contributed by atoms with E-state index in [4.69, 9.17) is 38.8 Å². The number of piperidine rings is 2. The van der Waals surface area contributed by atoms with Crippen LogP contribution in [0.25, 0.3) is 32.0 Å². The van der Waals surface area contributed by atoms with Crippen LogP contribution in [0.2, 0.25) is 0 Å². The molecular weight excluding hydrogens is 1090 g/mol. The van der Waals surface area contributed by atoms with E-state index in [1.54, 1.807) is 12.1 Å². The monoisotopic (exact) mass is 1150 g/mol. The van der Waals surface area contributed by atoms with Gasteiger partial charge in [0.2, 0.25) is 0 Å². The fourth-order valence-corrected chi connectivity index (χ4v) is 10.5. The van der Waals surface area contributed by atoms with E-state index >= 15 is 0 Å². The van der Waals surface area contributed by atoms with E-state index in [0.717, 1.165) is 103 Å². The van der Waals surface area contributed by atoms with Crippen LogP contribution in [0.1, 0.15) is 111 Å². The number of aromatic carboxylic acids is 2. The van der Waals surface area contributed by atoms with E-state index in [9.17, 15) is 18.4 Å². The molecule has 2 unspecified atom stereocenters. The van der Waals surface area contributed by atoms with Gasteiger partial charge in [-0.15, -0.1) is 0 Å². The van der Waals surface area contributed by atoms with Gasteiger partial charge in [-0.25, -0.2) is 38.3 Å². The maximum Gasteiger partial charge on any atom is 0.491 e. The number of halogens is 3. The number of carboxylic acid groups (broad SMARTS) is 2. The number of hydrogen-bond donors (Lipinski definition) is 4. The number of benzene rings is 2. The first-order chi connectivity index (χ1) is 36.3. The Morgan fingerprint density at radius 1 is 0.645 bits per heavy atom. The van der Waals surface area contributed by atoms with Gasteiger partial charge < -0.3 is 48.6 Å². The standard InChI is InChI=1S/C25H26FN5O4S.C18H22BrN5O2S.C7H6BFO4/c1-13(2)21-29-24(35-30-21)31-10-8-15(9-11-31)14(3)34-25-28-20-7-6-19(27-22(20)36-25)17-5-4-16(23(32)33)12-18(17)26;1-10(2)15-22-17(26-23-15)24-8-6-12(7-9-24)11(3)25-18-20-13-4-5-14(19)21-16(13)27-18;9-6-3-4(7(10)11)1-2-5(6)8(12)13/h4-7,12-15H,8-11H2,1-3H3,(H,32,33);4-5,10-12H,6-9H2,1-3H3;1-3,12-13H,(H,10,11). The molecule has 2 atom stereocenters. The molecule has 0 radical (unpaired) electrons. The summed E-state index contributed by atoms with van der Waals surface area (Å²) in [5.74, 6) is -1.22. The fourth-order valence-electron chi connectivity index (χ4n) is 8.36. The predicted molar refractivity (Wildman–Crippen MR) is 285 cm³/mol. The number of carbonyl (C=O) groups is 2. The van der Waals surface area contributed by atoms with E-state index in [-0.39, 0.29) is 46.2 Å². The third-order valence-corrected chi connectivity index (χ3v) is 15.0. The maximum atomic E-state index is 14.5. The minimum Gasteiger partial charge on any atom is -0.478 e. The van der Waals surface area contributed by atoms with Crippen LogP contribution in [0.3, 0.4) is 0 Å². The van der Waals surface area contributed by atoms with E-state index in [1.165, 1.54) is 34.8 Å². The van der Waals surface area contributed by atoms with Crippen molar-refractivity contribution in [2.75, 3.05) is 36.0 Å². The molecule has 8 aromatic rings. The van der Waals surface area contributed by atoms with E-state index < -0.39 is 30.7 Å². The van der Waals surface area contributed by atoms with Crippen molar-refractivity contribution < 1.29 is 57.2 Å². The Morgan fingerprint density at radius 2 is 1.11 bits per heavy atom. The van der Waals surface area contributed by atoms with Crippen LogP contribution in [0, 0.1) is 23.5 Å². The number of nitrogens with zero attached hydrogens (tertiary/aromatic N) is 10. The first-order valence-electron chi connectivity index (χ1n) is 24.4. The van der Waals surface area contributed by atoms with Crippen molar-refractivity contribution in [3.05, 3.63) is 99.7 Å². The minimum atomic E-state index is -1.93. The number of pyridine rings is 2. The Labute approximate surface area is 451 Å². The molecule has 10 rings (SSSR count). The van der Waals surface area contributed by atoms with Gasteiger partial charge in [0.25, 0.3) is 10.4 Å². The summed E-state index contributed by atoms with van der Waals surface area (Å²) in [4.78, 5) is 54.3. The molecule has 0 spiro atoms. The summed E-state index contributed by atoms with van der Waals surface area (Å²) in [6, 6.07) is 15.1. The second-order valence-electron chi connectivity index (χ2n) is 18.8. The van der Waals surface area contributed by atoms with Crippen LogP contribution in [0.5, 0.6) is 10.4 Å². The summed E-state index contributed by atoms with van der Waals surface area (Å²) in [7, 11) is -1.93. The molecule has 2 aliphatic rings. The Morgan fingerprint density at radius 3 is 1.54 bits per heavy atom. The number of hydrogen-bond acceptors (Lipinski definition) is 20. The third kappa shape index (κ3) is 13.6. The van der Waals surface area contributed by atoms with Gasteiger partial charge in [-0.3, -0.25) is 0 Å². The summed E-state index contributed by atoms with van der Waals surface area (Å²) >= 11 is 6.19. The molecule has 2 aromatic carbocycles. The topological polar surface area (TPSA) is 269 Å². The molecule has 4 N–H and O–H groups in total.